The first-order chi connectivity index (χ1) is 12.4. The van der Waals surface area contributed by atoms with E-state index in [-0.39, 0.29) is 5.65 Å². The van der Waals surface area contributed by atoms with Gasteiger partial charge in [0.15, 0.2) is 5.65 Å². The quantitative estimate of drug-likeness (QED) is 0.698. The van der Waals surface area contributed by atoms with E-state index in [2.05, 4.69) is 25.4 Å². The molecule has 0 spiro atoms. The van der Waals surface area contributed by atoms with E-state index in [9.17, 15) is 13.2 Å². The van der Waals surface area contributed by atoms with Crippen LogP contribution < -0.4 is 4.90 Å². The third-order valence-electron chi connectivity index (χ3n) is 4.26. The van der Waals surface area contributed by atoms with Crippen molar-refractivity contribution in [3.05, 3.63) is 35.5 Å². The molecule has 0 unspecified atom stereocenters. The zero-order valence-corrected chi connectivity index (χ0v) is 13.9. The van der Waals surface area contributed by atoms with Gasteiger partial charge in [-0.1, -0.05) is 5.16 Å². The fourth-order valence-electron chi connectivity index (χ4n) is 2.98. The number of hydrogen-bond acceptors (Lipinski definition) is 7. The van der Waals surface area contributed by atoms with E-state index < -0.39 is 12.0 Å². The van der Waals surface area contributed by atoms with Gasteiger partial charge in [0.05, 0.1) is 5.69 Å². The number of alkyl halides is 3. The van der Waals surface area contributed by atoms with Crippen LogP contribution in [0.5, 0.6) is 0 Å². The lowest BCUT2D eigenvalue weighted by molar-refractivity contribution is -0.146. The van der Waals surface area contributed by atoms with Crippen molar-refractivity contribution < 1.29 is 17.7 Å². The van der Waals surface area contributed by atoms with Gasteiger partial charge >= 0.3 is 6.18 Å². The second-order valence-electron chi connectivity index (χ2n) is 6.17. The Bertz CT molecular complexity index is 911. The fraction of sp³-hybridized carbons (Fsp3) is 0.467. The van der Waals surface area contributed by atoms with Gasteiger partial charge in [0.1, 0.15) is 11.6 Å². The van der Waals surface area contributed by atoms with E-state index in [4.69, 9.17) is 4.52 Å². The number of aromatic nitrogens is 5. The molecule has 1 fully saturated rings. The lowest BCUT2D eigenvalue weighted by Crippen LogP contribution is -2.46. The molecule has 138 valence electrons. The number of anilines is 1. The van der Waals surface area contributed by atoms with E-state index in [0.29, 0.717) is 25.5 Å². The minimum absolute atomic E-state index is 0.0705. The predicted molar refractivity (Wildman–Crippen MR) is 84.5 cm³/mol. The monoisotopic (exact) mass is 367 g/mol. The molecule has 0 aromatic carbocycles. The van der Waals surface area contributed by atoms with Crippen LogP contribution in [-0.4, -0.2) is 56.0 Å². The van der Waals surface area contributed by atoms with Gasteiger partial charge in [0.25, 0.3) is 5.82 Å². The van der Waals surface area contributed by atoms with Crippen molar-refractivity contribution in [3.63, 3.8) is 0 Å². The maximum Gasteiger partial charge on any atom is 0.453 e. The van der Waals surface area contributed by atoms with Crippen molar-refractivity contribution in [1.82, 2.24) is 29.9 Å². The van der Waals surface area contributed by atoms with Crippen LogP contribution in [0.3, 0.4) is 0 Å². The smallest absolute Gasteiger partial charge is 0.361 e. The molecule has 3 aromatic rings. The molecule has 0 saturated carbocycles. The standard InChI is InChI=1S/C15H16F3N7O/c1-10-8-11(22-26-10)9-23-4-6-24(7-5-23)13-3-2-12-19-20-14(15(16,17)18)25(12)21-13/h2-3,8H,4-7,9H2,1H3. The third kappa shape index (κ3) is 3.21. The molecule has 11 heteroatoms. The van der Waals surface area contributed by atoms with Gasteiger partial charge in [-0.2, -0.15) is 17.7 Å². The van der Waals surface area contributed by atoms with E-state index in [1.165, 1.54) is 6.07 Å². The molecule has 0 atom stereocenters. The number of hydrogen-bond donors (Lipinski definition) is 0. The summed E-state index contributed by atoms with van der Waals surface area (Å²) in [5, 5.41) is 14.8. The summed E-state index contributed by atoms with van der Waals surface area (Å²) in [6.07, 6.45) is -4.60. The van der Waals surface area contributed by atoms with Gasteiger partial charge in [-0.25, -0.2) is 0 Å². The Kier molecular flexibility index (Phi) is 4.02. The highest BCUT2D eigenvalue weighted by Crippen LogP contribution is 2.28. The van der Waals surface area contributed by atoms with Crippen molar-refractivity contribution in [2.45, 2.75) is 19.6 Å². The second kappa shape index (κ2) is 6.24. The number of fused-ring (bicyclic) bond motifs is 1. The van der Waals surface area contributed by atoms with Crippen LogP contribution >= 0.6 is 0 Å². The van der Waals surface area contributed by atoms with Gasteiger partial charge in [-0.15, -0.1) is 15.3 Å². The van der Waals surface area contributed by atoms with Gasteiger partial charge < -0.3 is 9.42 Å². The van der Waals surface area contributed by atoms with E-state index in [1.54, 1.807) is 6.07 Å². The first kappa shape index (κ1) is 16.8. The van der Waals surface area contributed by atoms with Crippen molar-refractivity contribution in [2.24, 2.45) is 0 Å². The van der Waals surface area contributed by atoms with E-state index >= 15 is 0 Å². The minimum Gasteiger partial charge on any atom is -0.361 e. The van der Waals surface area contributed by atoms with Crippen molar-refractivity contribution >= 4 is 11.5 Å². The average molecular weight is 367 g/mol. The molecule has 0 aliphatic carbocycles. The topological polar surface area (TPSA) is 75.6 Å². The fourth-order valence-corrected chi connectivity index (χ4v) is 2.98. The Hall–Kier alpha value is -2.69. The van der Waals surface area contributed by atoms with Crippen LogP contribution in [-0.2, 0) is 12.7 Å². The van der Waals surface area contributed by atoms with Gasteiger partial charge in [0.2, 0.25) is 0 Å². The van der Waals surface area contributed by atoms with Crippen LogP contribution in [0.25, 0.3) is 5.65 Å². The van der Waals surface area contributed by atoms with Crippen LogP contribution in [0, 0.1) is 6.92 Å². The molecule has 8 nitrogen and oxygen atoms in total. The summed E-state index contributed by atoms with van der Waals surface area (Å²) in [6.45, 7) is 5.33. The lowest BCUT2D eigenvalue weighted by Gasteiger charge is -2.34. The summed E-state index contributed by atoms with van der Waals surface area (Å²) in [4.78, 5) is 4.16. The molecule has 0 N–H and O–H groups in total. The van der Waals surface area contributed by atoms with Crippen LogP contribution in [0.4, 0.5) is 19.0 Å². The zero-order valence-electron chi connectivity index (χ0n) is 13.9. The van der Waals surface area contributed by atoms with Crippen molar-refractivity contribution in [3.8, 4) is 0 Å². The normalized spacial score (nSPS) is 16.5. The highest BCUT2D eigenvalue weighted by atomic mass is 19.4. The van der Waals surface area contributed by atoms with Gasteiger partial charge in [-0.3, -0.25) is 4.90 Å². The SMILES string of the molecule is Cc1cc(CN2CCN(c3ccc4nnc(C(F)(F)F)n4n3)CC2)no1. The molecule has 0 bridgehead atoms. The number of aryl methyl sites for hydroxylation is 1. The minimum atomic E-state index is -4.60. The molecular formula is C15H16F3N7O. The molecule has 1 aliphatic rings. The highest BCUT2D eigenvalue weighted by Gasteiger charge is 2.37. The Labute approximate surface area is 146 Å². The van der Waals surface area contributed by atoms with Crippen LogP contribution in [0.1, 0.15) is 17.3 Å². The van der Waals surface area contributed by atoms with Crippen LogP contribution in [0.15, 0.2) is 22.7 Å². The first-order valence-corrected chi connectivity index (χ1v) is 8.09. The summed E-state index contributed by atoms with van der Waals surface area (Å²) in [5.74, 6) is 0.125. The van der Waals surface area contributed by atoms with Crippen molar-refractivity contribution in [1.29, 1.82) is 0 Å². The number of piperazine rings is 1. The zero-order chi connectivity index (χ0) is 18.3. The van der Waals surface area contributed by atoms with Crippen molar-refractivity contribution in [2.75, 3.05) is 31.1 Å². The van der Waals surface area contributed by atoms with Crippen LogP contribution in [0.2, 0.25) is 0 Å². The molecule has 1 saturated heterocycles. The molecule has 3 aromatic heterocycles. The number of nitrogens with zero attached hydrogens (tertiary/aromatic N) is 7. The molecule has 0 amide bonds. The maximum atomic E-state index is 13.0. The lowest BCUT2D eigenvalue weighted by atomic mass is 10.2. The largest absolute Gasteiger partial charge is 0.453 e. The maximum absolute atomic E-state index is 13.0. The molecule has 26 heavy (non-hydrogen) atoms. The van der Waals surface area contributed by atoms with E-state index in [0.717, 1.165) is 29.1 Å². The highest BCUT2D eigenvalue weighted by molar-refractivity contribution is 5.46. The summed E-state index contributed by atoms with van der Waals surface area (Å²) in [7, 11) is 0. The Morgan fingerprint density at radius 2 is 1.88 bits per heavy atom. The summed E-state index contributed by atoms with van der Waals surface area (Å²) < 4.78 is 44.8. The third-order valence-corrected chi connectivity index (χ3v) is 4.26. The first-order valence-electron chi connectivity index (χ1n) is 8.09. The van der Waals surface area contributed by atoms with Gasteiger partial charge in [0, 0.05) is 38.8 Å². The Balaban J connectivity index is 1.47. The number of halogens is 3. The number of rotatable bonds is 3. The van der Waals surface area contributed by atoms with E-state index in [1.807, 2.05) is 17.9 Å². The Morgan fingerprint density at radius 3 is 2.54 bits per heavy atom. The summed E-state index contributed by atoms with van der Waals surface area (Å²) >= 11 is 0. The molecular weight excluding hydrogens is 351 g/mol. The summed E-state index contributed by atoms with van der Waals surface area (Å²) in [6, 6.07) is 5.06. The summed E-state index contributed by atoms with van der Waals surface area (Å²) in [5.41, 5.74) is 0.941. The van der Waals surface area contributed by atoms with Gasteiger partial charge in [-0.05, 0) is 19.1 Å². The molecule has 4 heterocycles. The second-order valence-corrected chi connectivity index (χ2v) is 6.17. The average Bonchev–Trinajstić information content (AvgIpc) is 3.20. The molecule has 0 radical (unpaired) electrons. The molecule has 4 rings (SSSR count). The Morgan fingerprint density at radius 1 is 1.12 bits per heavy atom. The molecule has 1 aliphatic heterocycles. The predicted octanol–water partition coefficient (Wildman–Crippen LogP) is 1.76.